The number of nitriles is 1. The van der Waals surface area contributed by atoms with Gasteiger partial charge in [-0.2, -0.15) is 5.26 Å². The van der Waals surface area contributed by atoms with Gasteiger partial charge in [-0.1, -0.05) is 55.4 Å². The molecule has 0 aliphatic carbocycles. The third-order valence-electron chi connectivity index (χ3n) is 4.42. The molecule has 0 aromatic carbocycles. The molecular weight excluding hydrogens is 380 g/mol. The first-order chi connectivity index (χ1) is 13.8. The molecule has 0 aromatic heterocycles. The lowest BCUT2D eigenvalue weighted by atomic mass is 9.84. The van der Waals surface area contributed by atoms with E-state index in [1.807, 2.05) is 24.8 Å². The number of amides is 2. The minimum atomic E-state index is -1.20. The van der Waals surface area contributed by atoms with Gasteiger partial charge < -0.3 is 21.4 Å². The molecule has 0 saturated carbocycles. The van der Waals surface area contributed by atoms with Gasteiger partial charge in [-0.25, -0.2) is 0 Å². The number of hydrogen-bond acceptors (Lipinski definition) is 6. The van der Waals surface area contributed by atoms with Crippen molar-refractivity contribution >= 4 is 24.2 Å². The Labute approximate surface area is 183 Å². The van der Waals surface area contributed by atoms with Crippen molar-refractivity contribution in [3.63, 3.8) is 0 Å². The van der Waals surface area contributed by atoms with Gasteiger partial charge in [-0.15, -0.1) is 0 Å². The van der Waals surface area contributed by atoms with Gasteiger partial charge in [-0.05, 0) is 24.2 Å². The summed E-state index contributed by atoms with van der Waals surface area (Å²) in [6.07, 6.45) is 1.36. The molecule has 1 heterocycles. The van der Waals surface area contributed by atoms with Crippen molar-refractivity contribution in [3.8, 4) is 6.07 Å². The van der Waals surface area contributed by atoms with Crippen LogP contribution in [-0.4, -0.2) is 61.4 Å². The first-order valence-electron chi connectivity index (χ1n) is 10.4. The summed E-state index contributed by atoms with van der Waals surface area (Å²) in [7, 11) is 1.46. The molecule has 8 nitrogen and oxygen atoms in total. The summed E-state index contributed by atoms with van der Waals surface area (Å²) in [4.78, 5) is 26.9. The monoisotopic (exact) mass is 424 g/mol. The summed E-state index contributed by atoms with van der Waals surface area (Å²) in [5.74, 6) is 1.49. The molecular formula is C22H44N6O2. The third-order valence-corrected chi connectivity index (χ3v) is 4.42. The van der Waals surface area contributed by atoms with Crippen LogP contribution < -0.4 is 11.1 Å². The Morgan fingerprint density at radius 1 is 1.43 bits per heavy atom. The van der Waals surface area contributed by atoms with Crippen LogP contribution in [0.5, 0.6) is 0 Å². The van der Waals surface area contributed by atoms with Crippen LogP contribution in [0.15, 0.2) is 4.99 Å². The Morgan fingerprint density at radius 3 is 2.13 bits per heavy atom. The second kappa shape index (κ2) is 16.5. The van der Waals surface area contributed by atoms with E-state index < -0.39 is 5.54 Å². The van der Waals surface area contributed by atoms with E-state index in [0.717, 1.165) is 25.2 Å². The van der Waals surface area contributed by atoms with Gasteiger partial charge in [0.15, 0.2) is 5.54 Å². The van der Waals surface area contributed by atoms with E-state index in [9.17, 15) is 9.59 Å². The van der Waals surface area contributed by atoms with Crippen molar-refractivity contribution in [2.45, 2.75) is 67.9 Å². The Morgan fingerprint density at radius 2 is 1.90 bits per heavy atom. The zero-order chi connectivity index (χ0) is 24.5. The normalized spacial score (nSPS) is 18.7. The van der Waals surface area contributed by atoms with Crippen LogP contribution in [-0.2, 0) is 9.59 Å². The van der Waals surface area contributed by atoms with Crippen molar-refractivity contribution in [2.24, 2.45) is 28.0 Å². The van der Waals surface area contributed by atoms with Gasteiger partial charge in [0.1, 0.15) is 0 Å². The van der Waals surface area contributed by atoms with Crippen LogP contribution in [0.2, 0.25) is 0 Å². The highest BCUT2D eigenvalue weighted by atomic mass is 16.2. The lowest BCUT2D eigenvalue weighted by molar-refractivity contribution is -0.129. The summed E-state index contributed by atoms with van der Waals surface area (Å²) in [5.41, 5.74) is 4.57. The lowest BCUT2D eigenvalue weighted by Crippen LogP contribution is -2.48. The summed E-state index contributed by atoms with van der Waals surface area (Å²) in [5, 5.41) is 17.9. The predicted molar refractivity (Wildman–Crippen MR) is 126 cm³/mol. The van der Waals surface area contributed by atoms with Crippen LogP contribution in [0.1, 0.15) is 62.3 Å². The fourth-order valence-corrected chi connectivity index (χ4v) is 2.32. The number of nitrogens with one attached hydrogen (secondary N) is 2. The molecule has 1 fully saturated rings. The molecule has 4 N–H and O–H groups in total. The average Bonchev–Trinajstić information content (AvgIpc) is 2.96. The number of aliphatic imine (C=N–C) groups is 1. The van der Waals surface area contributed by atoms with E-state index in [0.29, 0.717) is 12.3 Å². The fraction of sp³-hybridized carbons (Fsp3) is 0.773. The predicted octanol–water partition coefficient (Wildman–Crippen LogP) is 2.87. The van der Waals surface area contributed by atoms with E-state index in [4.69, 9.17) is 16.4 Å². The number of nitrogens with two attached hydrogens (primary N) is 1. The second-order valence-electron chi connectivity index (χ2n) is 8.35. The maximum absolute atomic E-state index is 11.2. The first kappa shape index (κ1) is 32.4. The largest absolute Gasteiger partial charge is 0.341 e. The molecule has 2 unspecified atom stereocenters. The summed E-state index contributed by atoms with van der Waals surface area (Å²) < 4.78 is 0. The highest BCUT2D eigenvalue weighted by molar-refractivity contribution is 6.34. The van der Waals surface area contributed by atoms with Crippen molar-refractivity contribution < 1.29 is 9.59 Å². The lowest BCUT2D eigenvalue weighted by Gasteiger charge is -2.21. The fourth-order valence-electron chi connectivity index (χ4n) is 2.32. The standard InChI is InChI=1S/C9H18N2O.C7H10N4O.C4H10.C2H6/c1-7-5-11(8(12)4-10)6-9(7,2)3;1-7(4-9,11-5-12)6(3-8)10-2;1-4(2)3;1-2/h7H,4-6,10H2,1-3H3;3,5,8H,1-2H3,(H,11,12);4H,1-3H3;1-2H3. The molecule has 1 saturated heterocycles. The number of carbonyl (C=O) groups is 2. The van der Waals surface area contributed by atoms with E-state index in [1.54, 1.807) is 0 Å². The molecule has 1 rings (SSSR count). The van der Waals surface area contributed by atoms with E-state index in [2.05, 4.69) is 51.9 Å². The van der Waals surface area contributed by atoms with E-state index in [-0.39, 0.29) is 23.6 Å². The van der Waals surface area contributed by atoms with Gasteiger partial charge in [0.25, 0.3) is 0 Å². The van der Waals surface area contributed by atoms with Crippen LogP contribution in [0, 0.1) is 34.0 Å². The van der Waals surface area contributed by atoms with Crippen molar-refractivity contribution in [2.75, 3.05) is 26.7 Å². The Balaban J connectivity index is -0.000000386. The number of likely N-dealkylation sites (tertiary alicyclic amines) is 1. The van der Waals surface area contributed by atoms with Crippen LogP contribution in [0.3, 0.4) is 0 Å². The Bertz CT molecular complexity index is 578. The molecule has 0 bridgehead atoms. The third kappa shape index (κ3) is 12.3. The molecule has 2 atom stereocenters. The highest BCUT2D eigenvalue weighted by Gasteiger charge is 2.37. The zero-order valence-electron chi connectivity index (χ0n) is 20.7. The topological polar surface area (TPSA) is 135 Å². The summed E-state index contributed by atoms with van der Waals surface area (Å²) >= 11 is 0. The maximum atomic E-state index is 11.2. The van der Waals surface area contributed by atoms with Crippen LogP contribution >= 0.6 is 0 Å². The molecule has 2 amide bonds. The van der Waals surface area contributed by atoms with Gasteiger partial charge in [0, 0.05) is 26.4 Å². The van der Waals surface area contributed by atoms with E-state index in [1.165, 1.54) is 14.0 Å². The maximum Gasteiger partial charge on any atom is 0.236 e. The number of hydrogen-bond donors (Lipinski definition) is 3. The Hall–Kier alpha value is -2.27. The summed E-state index contributed by atoms with van der Waals surface area (Å²) in [6, 6.07) is 1.86. The number of carbonyl (C=O) groups excluding carboxylic acids is 2. The Kier molecular flexibility index (Phi) is 17.8. The molecule has 1 aliphatic heterocycles. The quantitative estimate of drug-likeness (QED) is 0.462. The minimum Gasteiger partial charge on any atom is -0.341 e. The smallest absolute Gasteiger partial charge is 0.236 e. The van der Waals surface area contributed by atoms with E-state index >= 15 is 0 Å². The second-order valence-corrected chi connectivity index (χ2v) is 8.35. The van der Waals surface area contributed by atoms with Gasteiger partial charge >= 0.3 is 0 Å². The number of nitrogens with zero attached hydrogens (tertiary/aromatic N) is 3. The first-order valence-corrected chi connectivity index (χ1v) is 10.4. The van der Waals surface area contributed by atoms with Crippen LogP contribution in [0.25, 0.3) is 0 Å². The molecule has 8 heteroatoms. The van der Waals surface area contributed by atoms with Gasteiger partial charge in [0.05, 0.1) is 18.3 Å². The van der Waals surface area contributed by atoms with Crippen molar-refractivity contribution in [1.29, 1.82) is 10.7 Å². The van der Waals surface area contributed by atoms with Crippen molar-refractivity contribution in [3.05, 3.63) is 0 Å². The zero-order valence-corrected chi connectivity index (χ0v) is 20.7. The molecule has 30 heavy (non-hydrogen) atoms. The van der Waals surface area contributed by atoms with Gasteiger partial charge in [-0.3, -0.25) is 14.6 Å². The highest BCUT2D eigenvalue weighted by Crippen LogP contribution is 2.34. The average molecular weight is 425 g/mol. The molecule has 174 valence electrons. The van der Waals surface area contributed by atoms with Crippen molar-refractivity contribution in [1.82, 2.24) is 10.2 Å². The summed E-state index contributed by atoms with van der Waals surface area (Å²) in [6.45, 7) is 20.4. The van der Waals surface area contributed by atoms with Crippen LogP contribution in [0.4, 0.5) is 0 Å². The van der Waals surface area contributed by atoms with Gasteiger partial charge in [0.2, 0.25) is 12.3 Å². The number of rotatable bonds is 5. The minimum absolute atomic E-state index is 0.0763. The molecule has 0 radical (unpaired) electrons. The SMILES string of the molecule is CC.CC(C)C.CC1CN(C(=O)CN)CC1(C)C.CN=C(C=N)C(C)(C#N)NC=O. The molecule has 0 aromatic rings. The molecule has 1 aliphatic rings. The molecule has 0 spiro atoms.